The van der Waals surface area contributed by atoms with Crippen molar-refractivity contribution in [2.45, 2.75) is 38.9 Å². The molecule has 6 nitrogen and oxygen atoms in total. The molecule has 0 amide bonds. The molecule has 1 fully saturated rings. The lowest BCUT2D eigenvalue weighted by Crippen LogP contribution is -2.43. The Hall–Kier alpha value is -2.87. The number of hydrogen-bond donors (Lipinski definition) is 1. The summed E-state index contributed by atoms with van der Waals surface area (Å²) in [5, 5.41) is 7.92. The van der Waals surface area contributed by atoms with Crippen LogP contribution in [0.2, 0.25) is 0 Å². The SMILES string of the molecule is Cc1cnc2ccc(=O)n(CCN3CCC(NCc4cccc(-c5ccsc5)n4)CC3)c2c1. The Morgan fingerprint density at radius 3 is 2.82 bits per heavy atom. The maximum atomic E-state index is 12.5. The van der Waals surface area contributed by atoms with Gasteiger partial charge >= 0.3 is 0 Å². The molecule has 1 aliphatic heterocycles. The zero-order valence-corrected chi connectivity index (χ0v) is 19.7. The van der Waals surface area contributed by atoms with E-state index in [1.54, 1.807) is 17.4 Å². The van der Waals surface area contributed by atoms with Gasteiger partial charge in [0.2, 0.25) is 0 Å². The Balaban J connectivity index is 1.13. The van der Waals surface area contributed by atoms with E-state index < -0.39 is 0 Å². The number of thiophene rings is 1. The number of likely N-dealkylation sites (tertiary alicyclic amines) is 1. The van der Waals surface area contributed by atoms with E-state index in [2.05, 4.69) is 56.3 Å². The largest absolute Gasteiger partial charge is 0.308 e. The lowest BCUT2D eigenvalue weighted by atomic mass is 10.0. The van der Waals surface area contributed by atoms with Crippen LogP contribution in [0.4, 0.5) is 0 Å². The molecule has 7 heteroatoms. The fourth-order valence-electron chi connectivity index (χ4n) is 4.50. The Kier molecular flexibility index (Phi) is 6.62. The number of aryl methyl sites for hydroxylation is 1. The van der Waals surface area contributed by atoms with Crippen LogP contribution in [-0.4, -0.2) is 45.1 Å². The first-order chi connectivity index (χ1) is 16.2. The second kappa shape index (κ2) is 9.95. The van der Waals surface area contributed by atoms with Gasteiger partial charge < -0.3 is 14.8 Å². The highest BCUT2D eigenvalue weighted by Gasteiger charge is 2.19. The summed E-state index contributed by atoms with van der Waals surface area (Å²) in [4.78, 5) is 24.2. The molecule has 0 spiro atoms. The summed E-state index contributed by atoms with van der Waals surface area (Å²) in [5.41, 5.74) is 6.23. The van der Waals surface area contributed by atoms with Crippen LogP contribution in [0.5, 0.6) is 0 Å². The molecule has 0 saturated carbocycles. The van der Waals surface area contributed by atoms with E-state index in [1.165, 1.54) is 5.56 Å². The highest BCUT2D eigenvalue weighted by molar-refractivity contribution is 7.08. The highest BCUT2D eigenvalue weighted by atomic mass is 32.1. The number of rotatable bonds is 7. The molecule has 5 heterocycles. The van der Waals surface area contributed by atoms with Crippen LogP contribution < -0.4 is 10.9 Å². The lowest BCUT2D eigenvalue weighted by Gasteiger charge is -2.32. The standard InChI is InChI=1S/C26H29N5OS/c1-19-15-25-24(28-16-19)5-6-26(32)31(25)13-12-30-10-7-21(8-11-30)27-17-22-3-2-4-23(29-22)20-9-14-33-18-20/h2-6,9,14-16,18,21,27H,7-8,10-13,17H2,1H3. The molecule has 0 aliphatic carbocycles. The van der Waals surface area contributed by atoms with Crippen molar-refractivity contribution in [2.24, 2.45) is 0 Å². The van der Waals surface area contributed by atoms with Gasteiger partial charge in [0, 0.05) is 48.9 Å². The highest BCUT2D eigenvalue weighted by Crippen LogP contribution is 2.20. The number of nitrogens with zero attached hydrogens (tertiary/aromatic N) is 4. The second-order valence-electron chi connectivity index (χ2n) is 8.76. The predicted octanol–water partition coefficient (Wildman–Crippen LogP) is 4.08. The fraction of sp³-hybridized carbons (Fsp3) is 0.346. The smallest absolute Gasteiger partial charge is 0.251 e. The molecule has 33 heavy (non-hydrogen) atoms. The first kappa shape index (κ1) is 21.9. The molecule has 1 saturated heterocycles. The molecule has 4 aromatic heterocycles. The van der Waals surface area contributed by atoms with Crippen molar-refractivity contribution in [1.82, 2.24) is 24.8 Å². The fourth-order valence-corrected chi connectivity index (χ4v) is 5.15. The van der Waals surface area contributed by atoms with E-state index in [4.69, 9.17) is 4.98 Å². The average Bonchev–Trinajstić information content (AvgIpc) is 3.38. The van der Waals surface area contributed by atoms with E-state index in [-0.39, 0.29) is 5.56 Å². The van der Waals surface area contributed by atoms with Crippen LogP contribution in [0.1, 0.15) is 24.1 Å². The molecule has 0 radical (unpaired) electrons. The summed E-state index contributed by atoms with van der Waals surface area (Å²) in [6, 6.07) is 14.4. The van der Waals surface area contributed by atoms with Crippen molar-refractivity contribution in [3.63, 3.8) is 0 Å². The number of nitrogens with one attached hydrogen (secondary N) is 1. The van der Waals surface area contributed by atoms with Gasteiger partial charge in [0.25, 0.3) is 5.56 Å². The third kappa shape index (κ3) is 5.21. The van der Waals surface area contributed by atoms with Crippen molar-refractivity contribution < 1.29 is 0 Å². The number of pyridine rings is 3. The van der Waals surface area contributed by atoms with Gasteiger partial charge in [-0.25, -0.2) is 0 Å². The Labute approximate surface area is 197 Å². The molecule has 4 aromatic rings. The maximum Gasteiger partial charge on any atom is 0.251 e. The normalized spacial score (nSPS) is 15.3. The first-order valence-electron chi connectivity index (χ1n) is 11.6. The maximum absolute atomic E-state index is 12.5. The molecule has 0 bridgehead atoms. The summed E-state index contributed by atoms with van der Waals surface area (Å²) < 4.78 is 1.87. The molecule has 1 aliphatic rings. The Morgan fingerprint density at radius 1 is 1.12 bits per heavy atom. The van der Waals surface area contributed by atoms with E-state index in [0.29, 0.717) is 12.6 Å². The topological polar surface area (TPSA) is 63.1 Å². The van der Waals surface area contributed by atoms with Crippen LogP contribution in [0.25, 0.3) is 22.3 Å². The minimum Gasteiger partial charge on any atom is -0.308 e. The van der Waals surface area contributed by atoms with Gasteiger partial charge in [-0.1, -0.05) is 6.07 Å². The zero-order chi connectivity index (χ0) is 22.6. The second-order valence-corrected chi connectivity index (χ2v) is 9.54. The van der Waals surface area contributed by atoms with E-state index >= 15 is 0 Å². The molecular formula is C26H29N5OS. The van der Waals surface area contributed by atoms with Crippen molar-refractivity contribution >= 4 is 22.4 Å². The minimum atomic E-state index is 0.0450. The number of fused-ring (bicyclic) bond motifs is 1. The van der Waals surface area contributed by atoms with Crippen LogP contribution >= 0.6 is 11.3 Å². The van der Waals surface area contributed by atoms with E-state index in [0.717, 1.165) is 67.0 Å². The molecule has 5 rings (SSSR count). The van der Waals surface area contributed by atoms with Crippen molar-refractivity contribution in [3.05, 3.63) is 81.0 Å². The Morgan fingerprint density at radius 2 is 2.00 bits per heavy atom. The van der Waals surface area contributed by atoms with Crippen molar-refractivity contribution in [1.29, 1.82) is 0 Å². The van der Waals surface area contributed by atoms with Gasteiger partial charge in [-0.15, -0.1) is 0 Å². The first-order valence-corrected chi connectivity index (χ1v) is 12.5. The predicted molar refractivity (Wildman–Crippen MR) is 135 cm³/mol. The molecule has 0 unspecified atom stereocenters. The minimum absolute atomic E-state index is 0.0450. The number of hydrogen-bond acceptors (Lipinski definition) is 6. The van der Waals surface area contributed by atoms with Gasteiger partial charge in [-0.3, -0.25) is 14.8 Å². The third-order valence-electron chi connectivity index (χ3n) is 6.40. The summed E-state index contributed by atoms with van der Waals surface area (Å²) in [5.74, 6) is 0. The van der Waals surface area contributed by atoms with Gasteiger partial charge in [0.05, 0.1) is 22.4 Å². The monoisotopic (exact) mass is 459 g/mol. The van der Waals surface area contributed by atoms with Gasteiger partial charge in [-0.2, -0.15) is 11.3 Å². The van der Waals surface area contributed by atoms with Gasteiger partial charge in [0.15, 0.2) is 0 Å². The molecule has 0 aromatic carbocycles. The average molecular weight is 460 g/mol. The van der Waals surface area contributed by atoms with Crippen molar-refractivity contribution in [3.8, 4) is 11.3 Å². The number of aromatic nitrogens is 3. The molecule has 0 atom stereocenters. The quantitative estimate of drug-likeness (QED) is 0.451. The van der Waals surface area contributed by atoms with E-state index in [1.807, 2.05) is 23.8 Å². The summed E-state index contributed by atoms with van der Waals surface area (Å²) >= 11 is 1.70. The molecule has 1 N–H and O–H groups in total. The lowest BCUT2D eigenvalue weighted by molar-refractivity contribution is 0.191. The van der Waals surface area contributed by atoms with Crippen LogP contribution in [0, 0.1) is 6.92 Å². The summed E-state index contributed by atoms with van der Waals surface area (Å²) in [6.45, 7) is 6.45. The van der Waals surface area contributed by atoms with Gasteiger partial charge in [0.1, 0.15) is 0 Å². The van der Waals surface area contributed by atoms with Crippen LogP contribution in [0.15, 0.2) is 64.2 Å². The van der Waals surface area contributed by atoms with E-state index in [9.17, 15) is 4.79 Å². The summed E-state index contributed by atoms with van der Waals surface area (Å²) in [6.07, 6.45) is 4.06. The molecular weight excluding hydrogens is 430 g/mol. The Bertz CT molecular complexity index is 1280. The van der Waals surface area contributed by atoms with Gasteiger partial charge in [-0.05, 0) is 74.1 Å². The van der Waals surface area contributed by atoms with Crippen molar-refractivity contribution in [2.75, 3.05) is 19.6 Å². The molecule has 170 valence electrons. The third-order valence-corrected chi connectivity index (χ3v) is 7.08. The van der Waals surface area contributed by atoms with Crippen LogP contribution in [0.3, 0.4) is 0 Å². The number of piperidine rings is 1. The zero-order valence-electron chi connectivity index (χ0n) is 18.9. The summed E-state index contributed by atoms with van der Waals surface area (Å²) in [7, 11) is 0. The van der Waals surface area contributed by atoms with Crippen LogP contribution in [-0.2, 0) is 13.1 Å².